The first kappa shape index (κ1) is 13.5. The van der Waals surface area contributed by atoms with Crippen LogP contribution in [0.2, 0.25) is 0 Å². The number of hydrogen-bond donors (Lipinski definition) is 1. The molecule has 0 unspecified atom stereocenters. The molecule has 0 aliphatic carbocycles. The molecule has 0 saturated heterocycles. The summed E-state index contributed by atoms with van der Waals surface area (Å²) in [6, 6.07) is 8.86. The number of nitrogens with one attached hydrogen (secondary N) is 1. The Morgan fingerprint density at radius 2 is 1.57 bits per heavy atom. The minimum atomic E-state index is 0. The van der Waals surface area contributed by atoms with Crippen molar-refractivity contribution in [3.8, 4) is 0 Å². The van der Waals surface area contributed by atoms with Crippen molar-refractivity contribution in [3.63, 3.8) is 0 Å². The summed E-state index contributed by atoms with van der Waals surface area (Å²) < 4.78 is 0. The minimum absolute atomic E-state index is 0. The molecule has 0 atom stereocenters. The van der Waals surface area contributed by atoms with Crippen molar-refractivity contribution in [1.29, 1.82) is 0 Å². The van der Waals surface area contributed by atoms with Gasteiger partial charge in [-0.3, -0.25) is 0 Å². The lowest BCUT2D eigenvalue weighted by atomic mass is 10.0. The van der Waals surface area contributed by atoms with E-state index in [9.17, 15) is 0 Å². The summed E-state index contributed by atoms with van der Waals surface area (Å²) >= 11 is 0. The monoisotopic (exact) mass is 213 g/mol. The van der Waals surface area contributed by atoms with E-state index in [1.54, 1.807) is 0 Å². The third kappa shape index (κ3) is 4.64. The Hall–Kier alpha value is -0.530. The van der Waals surface area contributed by atoms with Gasteiger partial charge in [0.05, 0.1) is 0 Å². The maximum absolute atomic E-state index is 3.14. The number of halogens is 1. The maximum Gasteiger partial charge on any atom is 0.0202 e. The van der Waals surface area contributed by atoms with Crippen LogP contribution in [0.4, 0.5) is 0 Å². The third-order valence-corrected chi connectivity index (χ3v) is 2.05. The lowest BCUT2D eigenvalue weighted by Crippen LogP contribution is -2.04. The number of hydrogen-bond acceptors (Lipinski definition) is 1. The van der Waals surface area contributed by atoms with Crippen molar-refractivity contribution in [2.24, 2.45) is 5.92 Å². The van der Waals surface area contributed by atoms with Crippen molar-refractivity contribution < 1.29 is 0 Å². The van der Waals surface area contributed by atoms with E-state index in [1.807, 2.05) is 7.05 Å². The molecule has 0 radical (unpaired) electrons. The van der Waals surface area contributed by atoms with Crippen LogP contribution >= 0.6 is 12.4 Å². The second-order valence-electron chi connectivity index (χ2n) is 3.94. The quantitative estimate of drug-likeness (QED) is 0.811. The summed E-state index contributed by atoms with van der Waals surface area (Å²) in [5.41, 5.74) is 2.80. The van der Waals surface area contributed by atoms with Crippen LogP contribution in [-0.4, -0.2) is 7.05 Å². The molecular weight excluding hydrogens is 194 g/mol. The van der Waals surface area contributed by atoms with Crippen LogP contribution in [0.25, 0.3) is 0 Å². The molecule has 0 aliphatic rings. The van der Waals surface area contributed by atoms with Crippen LogP contribution < -0.4 is 5.32 Å². The SMILES string of the molecule is CNCc1ccc(CC(C)C)cc1.Cl. The van der Waals surface area contributed by atoms with Gasteiger partial charge >= 0.3 is 0 Å². The lowest BCUT2D eigenvalue weighted by molar-refractivity contribution is 0.647. The molecule has 1 aromatic carbocycles. The number of benzene rings is 1. The summed E-state index contributed by atoms with van der Waals surface area (Å²) in [5.74, 6) is 0.746. The summed E-state index contributed by atoms with van der Waals surface area (Å²) in [6.45, 7) is 5.46. The van der Waals surface area contributed by atoms with E-state index in [-0.39, 0.29) is 12.4 Å². The molecule has 0 heterocycles. The highest BCUT2D eigenvalue weighted by atomic mass is 35.5. The summed E-state index contributed by atoms with van der Waals surface area (Å²) in [6.07, 6.45) is 1.18. The van der Waals surface area contributed by atoms with E-state index in [1.165, 1.54) is 17.5 Å². The van der Waals surface area contributed by atoms with E-state index >= 15 is 0 Å². The van der Waals surface area contributed by atoms with Crippen molar-refractivity contribution in [2.45, 2.75) is 26.8 Å². The molecule has 1 rings (SSSR count). The highest BCUT2D eigenvalue weighted by Crippen LogP contribution is 2.09. The zero-order chi connectivity index (χ0) is 9.68. The van der Waals surface area contributed by atoms with Gasteiger partial charge in [0.1, 0.15) is 0 Å². The normalized spacial score (nSPS) is 10.0. The molecule has 0 spiro atoms. The molecular formula is C12H20ClN. The predicted octanol–water partition coefficient (Wildman–Crippen LogP) is 3.03. The predicted molar refractivity (Wildman–Crippen MR) is 65.0 cm³/mol. The molecule has 1 nitrogen and oxygen atoms in total. The average molecular weight is 214 g/mol. The van der Waals surface area contributed by atoms with Crippen LogP contribution in [0.15, 0.2) is 24.3 Å². The van der Waals surface area contributed by atoms with Gasteiger partial charge in [-0.2, -0.15) is 0 Å². The zero-order valence-corrected chi connectivity index (χ0v) is 10.0. The Morgan fingerprint density at radius 3 is 2.00 bits per heavy atom. The fourth-order valence-electron chi connectivity index (χ4n) is 1.47. The van der Waals surface area contributed by atoms with Crippen LogP contribution in [-0.2, 0) is 13.0 Å². The molecule has 14 heavy (non-hydrogen) atoms. The molecule has 1 aromatic rings. The molecule has 0 aliphatic heterocycles. The van der Waals surface area contributed by atoms with E-state index in [0.717, 1.165) is 12.5 Å². The highest BCUT2D eigenvalue weighted by Gasteiger charge is 1.97. The number of rotatable bonds is 4. The van der Waals surface area contributed by atoms with Crippen molar-refractivity contribution in [3.05, 3.63) is 35.4 Å². The first-order valence-corrected chi connectivity index (χ1v) is 4.94. The van der Waals surface area contributed by atoms with Crippen LogP contribution in [0, 0.1) is 5.92 Å². The van der Waals surface area contributed by atoms with E-state index in [2.05, 4.69) is 43.4 Å². The van der Waals surface area contributed by atoms with Gasteiger partial charge < -0.3 is 5.32 Å². The summed E-state index contributed by atoms with van der Waals surface area (Å²) in [4.78, 5) is 0. The smallest absolute Gasteiger partial charge is 0.0202 e. The lowest BCUT2D eigenvalue weighted by Gasteiger charge is -2.05. The van der Waals surface area contributed by atoms with Crippen LogP contribution in [0.3, 0.4) is 0 Å². The van der Waals surface area contributed by atoms with E-state index < -0.39 is 0 Å². The standard InChI is InChI=1S/C12H19N.ClH/c1-10(2)8-11-4-6-12(7-5-11)9-13-3;/h4-7,10,13H,8-9H2,1-3H3;1H. The van der Waals surface area contributed by atoms with Gasteiger partial charge in [-0.05, 0) is 30.5 Å². The molecule has 0 fully saturated rings. The Morgan fingerprint density at radius 1 is 1.07 bits per heavy atom. The highest BCUT2D eigenvalue weighted by molar-refractivity contribution is 5.85. The maximum atomic E-state index is 3.14. The van der Waals surface area contributed by atoms with Gasteiger partial charge in [-0.25, -0.2) is 0 Å². The van der Waals surface area contributed by atoms with Crippen molar-refractivity contribution >= 4 is 12.4 Å². The first-order chi connectivity index (χ1) is 6.22. The van der Waals surface area contributed by atoms with Gasteiger partial charge in [0.25, 0.3) is 0 Å². The van der Waals surface area contributed by atoms with Gasteiger partial charge in [0.2, 0.25) is 0 Å². The van der Waals surface area contributed by atoms with Gasteiger partial charge in [-0.1, -0.05) is 38.1 Å². The molecule has 2 heteroatoms. The molecule has 0 aromatic heterocycles. The van der Waals surface area contributed by atoms with E-state index in [4.69, 9.17) is 0 Å². The first-order valence-electron chi connectivity index (χ1n) is 4.94. The zero-order valence-electron chi connectivity index (χ0n) is 9.21. The van der Waals surface area contributed by atoms with Crippen molar-refractivity contribution in [1.82, 2.24) is 5.32 Å². The second kappa shape index (κ2) is 6.86. The van der Waals surface area contributed by atoms with Crippen molar-refractivity contribution in [2.75, 3.05) is 7.05 Å². The molecule has 0 saturated carbocycles. The molecule has 0 amide bonds. The molecule has 80 valence electrons. The van der Waals surface area contributed by atoms with Gasteiger partial charge in [0, 0.05) is 6.54 Å². The topological polar surface area (TPSA) is 12.0 Å². The van der Waals surface area contributed by atoms with Gasteiger partial charge in [0.15, 0.2) is 0 Å². The Balaban J connectivity index is 0.00000169. The molecule has 0 bridgehead atoms. The largest absolute Gasteiger partial charge is 0.316 e. The van der Waals surface area contributed by atoms with E-state index in [0.29, 0.717) is 0 Å². The van der Waals surface area contributed by atoms with Crippen LogP contribution in [0.1, 0.15) is 25.0 Å². The third-order valence-electron chi connectivity index (χ3n) is 2.05. The van der Waals surface area contributed by atoms with Gasteiger partial charge in [-0.15, -0.1) is 12.4 Å². The Kier molecular flexibility index (Phi) is 6.60. The summed E-state index contributed by atoms with van der Waals surface area (Å²) in [7, 11) is 1.97. The minimum Gasteiger partial charge on any atom is -0.316 e. The summed E-state index contributed by atoms with van der Waals surface area (Å²) in [5, 5.41) is 3.14. The van der Waals surface area contributed by atoms with Crippen LogP contribution in [0.5, 0.6) is 0 Å². The fraction of sp³-hybridized carbons (Fsp3) is 0.500. The molecule has 1 N–H and O–H groups in total. The second-order valence-corrected chi connectivity index (χ2v) is 3.94. The average Bonchev–Trinajstić information content (AvgIpc) is 2.08. The Bertz CT molecular complexity index is 241. The Labute approximate surface area is 93.3 Å². The fourth-order valence-corrected chi connectivity index (χ4v) is 1.47.